The van der Waals surface area contributed by atoms with Gasteiger partial charge < -0.3 is 24.2 Å². The van der Waals surface area contributed by atoms with Crippen molar-refractivity contribution < 1.29 is 28.9 Å². The number of carbonyl (C=O) groups is 2. The van der Waals surface area contributed by atoms with E-state index in [9.17, 15) is 14.7 Å². The molecule has 1 atom stereocenters. The summed E-state index contributed by atoms with van der Waals surface area (Å²) in [5.41, 5.74) is 0.949. The van der Waals surface area contributed by atoms with Crippen LogP contribution in [0.5, 0.6) is 17.2 Å². The molecule has 1 N–H and O–H groups in total. The van der Waals surface area contributed by atoms with Crippen LogP contribution in [0.2, 0.25) is 0 Å². The molecule has 2 aromatic rings. The number of aliphatic hydroxyl groups excluding tert-OH is 1. The average molecular weight is 440 g/mol. The van der Waals surface area contributed by atoms with Gasteiger partial charge in [0.05, 0.1) is 37.5 Å². The molecule has 170 valence electrons. The normalized spacial score (nSPS) is 17.7. The number of nitrogens with zero attached hydrogens (tertiary/aromatic N) is 1. The third-order valence-corrected chi connectivity index (χ3v) is 5.24. The highest BCUT2D eigenvalue weighted by Crippen LogP contribution is 2.44. The fourth-order valence-corrected chi connectivity index (χ4v) is 3.88. The minimum Gasteiger partial charge on any atom is -0.507 e. The van der Waals surface area contributed by atoms with Crippen molar-refractivity contribution in [2.45, 2.75) is 39.3 Å². The van der Waals surface area contributed by atoms with Crippen LogP contribution in [0, 0.1) is 0 Å². The summed E-state index contributed by atoms with van der Waals surface area (Å²) in [4.78, 5) is 27.6. The van der Waals surface area contributed by atoms with Gasteiger partial charge in [0.25, 0.3) is 11.7 Å². The van der Waals surface area contributed by atoms with Crippen LogP contribution in [0.15, 0.2) is 48.0 Å². The Morgan fingerprint density at radius 1 is 1.06 bits per heavy atom. The molecule has 7 heteroatoms. The second kappa shape index (κ2) is 9.77. The Labute approximate surface area is 188 Å². The molecule has 0 spiro atoms. The van der Waals surface area contributed by atoms with E-state index in [0.29, 0.717) is 41.3 Å². The zero-order valence-electron chi connectivity index (χ0n) is 19.0. The van der Waals surface area contributed by atoms with E-state index < -0.39 is 17.7 Å². The van der Waals surface area contributed by atoms with Crippen molar-refractivity contribution >= 4 is 17.4 Å². The van der Waals surface area contributed by atoms with Crippen molar-refractivity contribution in [3.05, 3.63) is 59.2 Å². The highest BCUT2D eigenvalue weighted by Gasteiger charge is 2.47. The number of aliphatic hydroxyl groups is 1. The number of amides is 1. The second-order valence-corrected chi connectivity index (χ2v) is 7.76. The molecule has 0 aliphatic carbocycles. The van der Waals surface area contributed by atoms with Gasteiger partial charge in [0, 0.05) is 18.2 Å². The molecule has 1 aliphatic heterocycles. The molecule has 3 rings (SSSR count). The zero-order chi connectivity index (χ0) is 23.4. The number of ketones is 1. The molecule has 0 radical (unpaired) electrons. The van der Waals surface area contributed by atoms with Gasteiger partial charge in [0.2, 0.25) is 0 Å². The fourth-order valence-electron chi connectivity index (χ4n) is 3.88. The lowest BCUT2D eigenvalue weighted by molar-refractivity contribution is -0.139. The van der Waals surface area contributed by atoms with Gasteiger partial charge in [-0.2, -0.15) is 0 Å². The number of methoxy groups -OCH3 is 2. The molecule has 7 nitrogen and oxygen atoms in total. The highest BCUT2D eigenvalue weighted by molar-refractivity contribution is 6.46. The van der Waals surface area contributed by atoms with Crippen molar-refractivity contribution in [1.82, 2.24) is 4.90 Å². The maximum Gasteiger partial charge on any atom is 0.295 e. The van der Waals surface area contributed by atoms with Crippen molar-refractivity contribution in [1.29, 1.82) is 0 Å². The van der Waals surface area contributed by atoms with Gasteiger partial charge in [-0.15, -0.1) is 0 Å². The standard InChI is InChI=1S/C25H29NO6/c1-6-13-26-22(17-9-7-8-10-19(17)32-15(2)3)21(24(28)25(26)29)23(27)18-12-11-16(30-4)14-20(18)31-5/h7-12,14-15,22,27H,6,13H2,1-5H3/b23-21+. The summed E-state index contributed by atoms with van der Waals surface area (Å²) < 4.78 is 16.6. The lowest BCUT2D eigenvalue weighted by Crippen LogP contribution is -2.30. The van der Waals surface area contributed by atoms with E-state index in [2.05, 4.69) is 0 Å². The Bertz CT molecular complexity index is 1040. The van der Waals surface area contributed by atoms with E-state index in [0.717, 1.165) is 0 Å². The summed E-state index contributed by atoms with van der Waals surface area (Å²) in [7, 11) is 2.99. The molecule has 0 bridgehead atoms. The van der Waals surface area contributed by atoms with E-state index in [1.807, 2.05) is 39.0 Å². The smallest absolute Gasteiger partial charge is 0.295 e. The zero-order valence-corrected chi connectivity index (χ0v) is 19.0. The number of likely N-dealkylation sites (tertiary alicyclic amines) is 1. The van der Waals surface area contributed by atoms with E-state index in [1.165, 1.54) is 19.1 Å². The molecular weight excluding hydrogens is 410 g/mol. The molecule has 0 saturated carbocycles. The highest BCUT2D eigenvalue weighted by atomic mass is 16.5. The predicted molar refractivity (Wildman–Crippen MR) is 121 cm³/mol. The molecule has 0 aromatic heterocycles. The van der Waals surface area contributed by atoms with Crippen LogP contribution in [0.1, 0.15) is 44.4 Å². The molecule has 1 amide bonds. The van der Waals surface area contributed by atoms with Crippen LogP contribution < -0.4 is 14.2 Å². The van der Waals surface area contributed by atoms with Gasteiger partial charge >= 0.3 is 0 Å². The number of carbonyl (C=O) groups excluding carboxylic acids is 2. The van der Waals surface area contributed by atoms with E-state index >= 15 is 0 Å². The maximum absolute atomic E-state index is 13.1. The number of hydrogen-bond donors (Lipinski definition) is 1. The number of benzene rings is 2. The minimum atomic E-state index is -0.781. The van der Waals surface area contributed by atoms with Crippen molar-refractivity contribution in [2.24, 2.45) is 0 Å². The van der Waals surface area contributed by atoms with Crippen molar-refractivity contribution in [3.63, 3.8) is 0 Å². The largest absolute Gasteiger partial charge is 0.507 e. The third kappa shape index (κ3) is 4.28. The monoisotopic (exact) mass is 439 g/mol. The second-order valence-electron chi connectivity index (χ2n) is 7.76. The number of Topliss-reactive ketones (excluding diaryl/α,β-unsaturated/α-hetero) is 1. The van der Waals surface area contributed by atoms with Gasteiger partial charge in [0.1, 0.15) is 23.0 Å². The summed E-state index contributed by atoms with van der Waals surface area (Å²) in [5.74, 6) is -0.261. The molecule has 1 saturated heterocycles. The van der Waals surface area contributed by atoms with E-state index in [4.69, 9.17) is 14.2 Å². The molecular formula is C25H29NO6. The molecule has 1 unspecified atom stereocenters. The summed E-state index contributed by atoms with van der Waals surface area (Å²) in [6, 6.07) is 11.4. The van der Waals surface area contributed by atoms with Crippen LogP contribution in [-0.4, -0.2) is 48.6 Å². The quantitative estimate of drug-likeness (QED) is 0.375. The first kappa shape index (κ1) is 23.2. The Hall–Kier alpha value is -3.48. The van der Waals surface area contributed by atoms with Gasteiger partial charge in [0.15, 0.2) is 0 Å². The lowest BCUT2D eigenvalue weighted by atomic mass is 9.94. The topological polar surface area (TPSA) is 85.3 Å². The van der Waals surface area contributed by atoms with Gasteiger partial charge in [-0.25, -0.2) is 0 Å². The maximum atomic E-state index is 13.1. The molecule has 1 fully saturated rings. The van der Waals surface area contributed by atoms with Crippen molar-refractivity contribution in [3.8, 4) is 17.2 Å². The predicted octanol–water partition coefficient (Wildman–Crippen LogP) is 4.32. The van der Waals surface area contributed by atoms with Gasteiger partial charge in [-0.1, -0.05) is 25.1 Å². The first-order chi connectivity index (χ1) is 15.3. The minimum absolute atomic E-state index is 0.00622. The van der Waals surface area contributed by atoms with Crippen LogP contribution in [0.4, 0.5) is 0 Å². The Morgan fingerprint density at radius 3 is 2.41 bits per heavy atom. The Balaban J connectivity index is 2.26. The summed E-state index contributed by atoms with van der Waals surface area (Å²) in [6.07, 6.45) is 0.550. The van der Waals surface area contributed by atoms with Crippen molar-refractivity contribution in [2.75, 3.05) is 20.8 Å². The average Bonchev–Trinajstić information content (AvgIpc) is 3.03. The SMILES string of the molecule is CCCN1C(=O)C(=O)/C(=C(/O)c2ccc(OC)cc2OC)C1c1ccccc1OC(C)C. The summed E-state index contributed by atoms with van der Waals surface area (Å²) in [6.45, 7) is 6.10. The van der Waals surface area contributed by atoms with E-state index in [1.54, 1.807) is 24.3 Å². The number of para-hydroxylation sites is 1. The van der Waals surface area contributed by atoms with Gasteiger partial charge in [-0.3, -0.25) is 9.59 Å². The van der Waals surface area contributed by atoms with Gasteiger partial charge in [-0.05, 0) is 38.5 Å². The number of hydrogen-bond acceptors (Lipinski definition) is 6. The number of rotatable bonds is 8. The third-order valence-electron chi connectivity index (χ3n) is 5.24. The van der Waals surface area contributed by atoms with Crippen LogP contribution in [-0.2, 0) is 9.59 Å². The molecule has 2 aromatic carbocycles. The summed E-state index contributed by atoms with van der Waals surface area (Å²) in [5, 5.41) is 11.3. The molecule has 32 heavy (non-hydrogen) atoms. The van der Waals surface area contributed by atoms with E-state index in [-0.39, 0.29) is 17.4 Å². The molecule has 1 heterocycles. The lowest BCUT2D eigenvalue weighted by Gasteiger charge is -2.27. The Kier molecular flexibility index (Phi) is 7.08. The van der Waals surface area contributed by atoms with Crippen LogP contribution in [0.3, 0.4) is 0 Å². The Morgan fingerprint density at radius 2 is 1.78 bits per heavy atom. The van der Waals surface area contributed by atoms with Crippen LogP contribution in [0.25, 0.3) is 5.76 Å². The number of ether oxygens (including phenoxy) is 3. The fraction of sp³-hybridized carbons (Fsp3) is 0.360. The van der Waals surface area contributed by atoms with Crippen LogP contribution >= 0.6 is 0 Å². The first-order valence-electron chi connectivity index (χ1n) is 10.6. The molecule has 1 aliphatic rings. The first-order valence-corrected chi connectivity index (χ1v) is 10.6. The summed E-state index contributed by atoms with van der Waals surface area (Å²) >= 11 is 0.